The van der Waals surface area contributed by atoms with Gasteiger partial charge in [0.1, 0.15) is 5.75 Å². The number of hydrogen-bond donors (Lipinski definition) is 1. The number of hydrogen-bond acceptors (Lipinski definition) is 3. The molecule has 1 unspecified atom stereocenters. The highest BCUT2D eigenvalue weighted by Crippen LogP contribution is 2.29. The number of amides is 1. The Balaban J connectivity index is 1.59. The summed E-state index contributed by atoms with van der Waals surface area (Å²) in [6.45, 7) is 4.58. The number of nitrogens with one attached hydrogen (secondary N) is 1. The molecule has 0 bridgehead atoms. The van der Waals surface area contributed by atoms with E-state index >= 15 is 0 Å². The maximum atomic E-state index is 12.5. The number of rotatable bonds is 5. The van der Waals surface area contributed by atoms with E-state index in [4.69, 9.17) is 27.9 Å². The third kappa shape index (κ3) is 4.25. The van der Waals surface area contributed by atoms with Crippen LogP contribution in [0.3, 0.4) is 0 Å². The number of methoxy groups -OCH3 is 1. The molecule has 1 heterocycles. The number of halogens is 2. The minimum Gasteiger partial charge on any atom is -0.496 e. The molecule has 1 N–H and O–H groups in total. The van der Waals surface area contributed by atoms with E-state index in [1.165, 1.54) is 18.4 Å². The number of carbonyl (C=O) groups is 1. The molecule has 1 fully saturated rings. The van der Waals surface area contributed by atoms with Crippen LogP contribution in [0.1, 0.15) is 22.3 Å². The molecular formula is C20H22Cl2N2O2. The van der Waals surface area contributed by atoms with Crippen LogP contribution in [0.4, 0.5) is 5.69 Å². The molecule has 3 rings (SSSR count). The van der Waals surface area contributed by atoms with Crippen molar-refractivity contribution in [3.8, 4) is 5.75 Å². The molecule has 0 aromatic heterocycles. The molecule has 1 amide bonds. The van der Waals surface area contributed by atoms with E-state index in [-0.39, 0.29) is 5.91 Å². The Hall–Kier alpha value is -1.91. The molecule has 2 aromatic carbocycles. The molecule has 26 heavy (non-hydrogen) atoms. The minimum absolute atomic E-state index is 0.143. The molecule has 0 aliphatic carbocycles. The van der Waals surface area contributed by atoms with Gasteiger partial charge in [0.05, 0.1) is 12.7 Å². The van der Waals surface area contributed by atoms with E-state index in [1.54, 1.807) is 18.2 Å². The number of anilines is 1. The van der Waals surface area contributed by atoms with Crippen molar-refractivity contribution in [3.05, 3.63) is 57.6 Å². The lowest BCUT2D eigenvalue weighted by Gasteiger charge is -2.21. The van der Waals surface area contributed by atoms with Gasteiger partial charge in [0.25, 0.3) is 5.91 Å². The molecule has 1 aliphatic rings. The molecule has 0 spiro atoms. The molecule has 138 valence electrons. The third-order valence-corrected chi connectivity index (χ3v) is 5.23. The highest BCUT2D eigenvalue weighted by atomic mass is 35.5. The Morgan fingerprint density at radius 3 is 2.73 bits per heavy atom. The van der Waals surface area contributed by atoms with Crippen LogP contribution in [0.15, 0.2) is 36.4 Å². The van der Waals surface area contributed by atoms with Crippen LogP contribution in [-0.2, 0) is 0 Å². The average Bonchev–Trinajstić information content (AvgIpc) is 3.10. The number of carbonyl (C=O) groups excluding carboxylic acids is 1. The van der Waals surface area contributed by atoms with Crippen molar-refractivity contribution in [3.63, 3.8) is 0 Å². The Bertz CT molecular complexity index is 810. The number of nitrogens with zero attached hydrogens (tertiary/aromatic N) is 1. The van der Waals surface area contributed by atoms with Gasteiger partial charge in [0.15, 0.2) is 0 Å². The van der Waals surface area contributed by atoms with Gasteiger partial charge >= 0.3 is 0 Å². The van der Waals surface area contributed by atoms with E-state index in [2.05, 4.69) is 17.1 Å². The summed E-state index contributed by atoms with van der Waals surface area (Å²) in [7, 11) is 1.53. The highest BCUT2D eigenvalue weighted by Gasteiger charge is 2.24. The quantitative estimate of drug-likeness (QED) is 0.810. The zero-order valence-corrected chi connectivity index (χ0v) is 16.4. The van der Waals surface area contributed by atoms with Crippen LogP contribution in [0.2, 0.25) is 10.0 Å². The second kappa shape index (κ2) is 8.19. The van der Waals surface area contributed by atoms with E-state index in [9.17, 15) is 4.79 Å². The Labute approximate surface area is 164 Å². The second-order valence-corrected chi connectivity index (χ2v) is 7.46. The van der Waals surface area contributed by atoms with Gasteiger partial charge < -0.3 is 15.0 Å². The number of ether oxygens (including phenoxy) is 1. The first-order chi connectivity index (χ1) is 12.5. The maximum Gasteiger partial charge on any atom is 0.255 e. The predicted molar refractivity (Wildman–Crippen MR) is 107 cm³/mol. The van der Waals surface area contributed by atoms with Crippen molar-refractivity contribution in [2.75, 3.05) is 31.6 Å². The van der Waals surface area contributed by atoms with Crippen molar-refractivity contribution in [1.29, 1.82) is 0 Å². The summed E-state index contributed by atoms with van der Waals surface area (Å²) in [5, 5.41) is 4.31. The van der Waals surface area contributed by atoms with Gasteiger partial charge in [0, 0.05) is 35.4 Å². The smallest absolute Gasteiger partial charge is 0.255 e. The fourth-order valence-electron chi connectivity index (χ4n) is 3.33. The van der Waals surface area contributed by atoms with Crippen LogP contribution in [0.5, 0.6) is 5.75 Å². The van der Waals surface area contributed by atoms with Crippen molar-refractivity contribution in [2.24, 2.45) is 5.92 Å². The van der Waals surface area contributed by atoms with E-state index < -0.39 is 0 Å². The van der Waals surface area contributed by atoms with Crippen LogP contribution in [0, 0.1) is 12.8 Å². The molecule has 4 nitrogen and oxygen atoms in total. The molecule has 6 heteroatoms. The molecular weight excluding hydrogens is 371 g/mol. The SMILES string of the molecule is COc1cc(Cl)ccc1C(=O)NCC1CCN(c2cc(Cl)ccc2C)C1. The summed E-state index contributed by atoms with van der Waals surface area (Å²) in [5.74, 6) is 0.740. The third-order valence-electron chi connectivity index (χ3n) is 4.76. The van der Waals surface area contributed by atoms with Crippen molar-refractivity contribution in [1.82, 2.24) is 5.32 Å². The summed E-state index contributed by atoms with van der Waals surface area (Å²) < 4.78 is 5.25. The minimum atomic E-state index is -0.143. The summed E-state index contributed by atoms with van der Waals surface area (Å²) in [5.41, 5.74) is 2.88. The summed E-state index contributed by atoms with van der Waals surface area (Å²) in [6, 6.07) is 11.0. The summed E-state index contributed by atoms with van der Waals surface area (Å²) in [4.78, 5) is 14.8. The van der Waals surface area contributed by atoms with Gasteiger partial charge in [-0.05, 0) is 55.2 Å². The number of benzene rings is 2. The molecule has 0 radical (unpaired) electrons. The molecule has 1 atom stereocenters. The van der Waals surface area contributed by atoms with Gasteiger partial charge in [-0.1, -0.05) is 29.3 Å². The molecule has 1 saturated heterocycles. The molecule has 2 aromatic rings. The zero-order chi connectivity index (χ0) is 18.7. The van der Waals surface area contributed by atoms with E-state index in [1.807, 2.05) is 18.2 Å². The largest absolute Gasteiger partial charge is 0.496 e. The van der Waals surface area contributed by atoms with Crippen LogP contribution in [-0.4, -0.2) is 32.7 Å². The highest BCUT2D eigenvalue weighted by molar-refractivity contribution is 6.31. The van der Waals surface area contributed by atoms with Crippen LogP contribution >= 0.6 is 23.2 Å². The molecule has 0 saturated carbocycles. The fourth-order valence-corrected chi connectivity index (χ4v) is 3.65. The van der Waals surface area contributed by atoms with Crippen molar-refractivity contribution < 1.29 is 9.53 Å². The van der Waals surface area contributed by atoms with Gasteiger partial charge in [-0.25, -0.2) is 0 Å². The van der Waals surface area contributed by atoms with Gasteiger partial charge in [0.2, 0.25) is 0 Å². The molecule has 1 aliphatic heterocycles. The maximum absolute atomic E-state index is 12.5. The topological polar surface area (TPSA) is 41.6 Å². The monoisotopic (exact) mass is 392 g/mol. The van der Waals surface area contributed by atoms with E-state index in [0.29, 0.717) is 28.8 Å². The Kier molecular flexibility index (Phi) is 5.94. The first kappa shape index (κ1) is 18.9. The van der Waals surface area contributed by atoms with Crippen molar-refractivity contribution in [2.45, 2.75) is 13.3 Å². The predicted octanol–water partition coefficient (Wildman–Crippen LogP) is 4.57. The lowest BCUT2D eigenvalue weighted by molar-refractivity contribution is 0.0945. The second-order valence-electron chi connectivity index (χ2n) is 6.59. The lowest BCUT2D eigenvalue weighted by atomic mass is 10.1. The normalized spacial score (nSPS) is 16.6. The van der Waals surface area contributed by atoms with Crippen LogP contribution in [0.25, 0.3) is 0 Å². The fraction of sp³-hybridized carbons (Fsp3) is 0.350. The number of aryl methyl sites for hydroxylation is 1. The first-order valence-corrected chi connectivity index (χ1v) is 9.36. The average molecular weight is 393 g/mol. The van der Waals surface area contributed by atoms with Gasteiger partial charge in [-0.3, -0.25) is 4.79 Å². The Morgan fingerprint density at radius 1 is 1.23 bits per heavy atom. The summed E-state index contributed by atoms with van der Waals surface area (Å²) >= 11 is 12.1. The van der Waals surface area contributed by atoms with Gasteiger partial charge in [-0.15, -0.1) is 0 Å². The summed E-state index contributed by atoms with van der Waals surface area (Å²) in [6.07, 6.45) is 1.03. The Morgan fingerprint density at radius 2 is 1.96 bits per heavy atom. The van der Waals surface area contributed by atoms with Crippen LogP contribution < -0.4 is 15.0 Å². The van der Waals surface area contributed by atoms with Crippen molar-refractivity contribution >= 4 is 34.8 Å². The van der Waals surface area contributed by atoms with E-state index in [0.717, 1.165) is 24.5 Å². The zero-order valence-electron chi connectivity index (χ0n) is 14.9. The lowest BCUT2D eigenvalue weighted by Crippen LogP contribution is -2.31. The standard InChI is InChI=1S/C20H22Cl2N2O2/c1-13-3-4-15(21)9-18(13)24-8-7-14(12-24)11-23-20(25)17-6-5-16(22)10-19(17)26-2/h3-6,9-10,14H,7-8,11-12H2,1-2H3,(H,23,25). The van der Waals surface area contributed by atoms with Gasteiger partial charge in [-0.2, -0.15) is 0 Å². The first-order valence-electron chi connectivity index (χ1n) is 8.60.